The molecule has 0 radical (unpaired) electrons. The summed E-state index contributed by atoms with van der Waals surface area (Å²) < 4.78 is 28.1. The standard InChI is InChI=1S/C17H13N5O6S/c18-11-4-6-13(7-5-11)29(27,28)21-17-19-14(16(24)20-17)9-15(23)10-2-1-3-12(8-10)22(25)26/h1-9H,18H2,(H2,19,20,21,24). The topological polar surface area (TPSA) is 174 Å². The number of benzene rings is 2. The zero-order valence-electron chi connectivity index (χ0n) is 14.5. The van der Waals surface area contributed by atoms with Crippen LogP contribution in [0.15, 0.2) is 69.6 Å². The number of ketones is 1. The lowest BCUT2D eigenvalue weighted by molar-refractivity contribution is -0.384. The molecule has 1 fully saturated rings. The minimum absolute atomic E-state index is 0.0128. The van der Waals surface area contributed by atoms with Crippen molar-refractivity contribution in [3.05, 3.63) is 76.0 Å². The van der Waals surface area contributed by atoms with Crippen LogP contribution in [0.25, 0.3) is 0 Å². The number of anilines is 1. The summed E-state index contributed by atoms with van der Waals surface area (Å²) in [5.41, 5.74) is 5.33. The summed E-state index contributed by atoms with van der Waals surface area (Å²) >= 11 is 0. The third-order valence-electron chi connectivity index (χ3n) is 3.74. The first kappa shape index (κ1) is 19.7. The van der Waals surface area contributed by atoms with Gasteiger partial charge in [0.15, 0.2) is 5.78 Å². The van der Waals surface area contributed by atoms with Gasteiger partial charge in [-0.1, -0.05) is 12.1 Å². The minimum atomic E-state index is -4.14. The monoisotopic (exact) mass is 415 g/mol. The Bertz CT molecular complexity index is 1190. The molecule has 3 rings (SSSR count). The fraction of sp³-hybridized carbons (Fsp3) is 0. The summed E-state index contributed by atoms with van der Waals surface area (Å²) in [5.74, 6) is -1.85. The maximum absolute atomic E-state index is 12.3. The first-order valence-electron chi connectivity index (χ1n) is 7.95. The number of non-ortho nitro benzene ring substituents is 1. The fourth-order valence-corrected chi connectivity index (χ4v) is 3.25. The molecule has 4 N–H and O–H groups in total. The highest BCUT2D eigenvalue weighted by Gasteiger charge is 2.26. The second-order valence-electron chi connectivity index (χ2n) is 5.79. The van der Waals surface area contributed by atoms with Crippen LogP contribution >= 0.6 is 0 Å². The molecule has 1 aliphatic rings. The van der Waals surface area contributed by atoms with E-state index in [4.69, 9.17) is 5.73 Å². The van der Waals surface area contributed by atoms with Crippen LogP contribution in [0.3, 0.4) is 0 Å². The number of carbonyl (C=O) groups excluding carboxylic acids is 2. The van der Waals surface area contributed by atoms with E-state index in [0.717, 1.165) is 12.1 Å². The number of nitro groups is 1. The number of hydrogen-bond donors (Lipinski definition) is 3. The Kier molecular flexibility index (Phi) is 5.10. The third-order valence-corrected chi connectivity index (χ3v) is 5.03. The Morgan fingerprint density at radius 1 is 1.14 bits per heavy atom. The van der Waals surface area contributed by atoms with Crippen LogP contribution < -0.4 is 16.4 Å². The Morgan fingerprint density at radius 3 is 2.48 bits per heavy atom. The quantitative estimate of drug-likeness (QED) is 0.210. The van der Waals surface area contributed by atoms with Gasteiger partial charge in [0.25, 0.3) is 21.6 Å². The van der Waals surface area contributed by atoms with Gasteiger partial charge in [0, 0.05) is 29.5 Å². The molecule has 0 bridgehead atoms. The second kappa shape index (κ2) is 7.52. The van der Waals surface area contributed by atoms with Gasteiger partial charge in [-0.15, -0.1) is 4.40 Å². The zero-order chi connectivity index (χ0) is 21.2. The van der Waals surface area contributed by atoms with E-state index in [1.54, 1.807) is 0 Å². The molecular weight excluding hydrogens is 402 g/mol. The molecule has 1 aliphatic heterocycles. The van der Waals surface area contributed by atoms with Gasteiger partial charge in [0.05, 0.1) is 9.82 Å². The first-order chi connectivity index (χ1) is 13.7. The van der Waals surface area contributed by atoms with Crippen LogP contribution in [-0.2, 0) is 14.8 Å². The maximum atomic E-state index is 12.3. The van der Waals surface area contributed by atoms with Crippen molar-refractivity contribution >= 4 is 39.0 Å². The van der Waals surface area contributed by atoms with Gasteiger partial charge < -0.3 is 11.1 Å². The molecule has 2 aromatic carbocycles. The maximum Gasteiger partial charge on any atom is 0.285 e. The van der Waals surface area contributed by atoms with Crippen molar-refractivity contribution in [1.82, 2.24) is 10.6 Å². The van der Waals surface area contributed by atoms with Crippen LogP contribution in [0.2, 0.25) is 0 Å². The van der Waals surface area contributed by atoms with Gasteiger partial charge in [-0.3, -0.25) is 25.0 Å². The molecule has 11 nitrogen and oxygen atoms in total. The molecule has 1 heterocycles. The fourth-order valence-electron chi connectivity index (χ4n) is 2.34. The van der Waals surface area contributed by atoms with E-state index in [2.05, 4.69) is 15.0 Å². The number of allylic oxidation sites excluding steroid dienone is 1. The summed E-state index contributed by atoms with van der Waals surface area (Å²) in [6, 6.07) is 10.2. The highest BCUT2D eigenvalue weighted by atomic mass is 32.2. The molecule has 0 aromatic heterocycles. The van der Waals surface area contributed by atoms with Gasteiger partial charge in [0.1, 0.15) is 5.70 Å². The Labute approximate surface area is 164 Å². The van der Waals surface area contributed by atoms with E-state index in [1.807, 2.05) is 0 Å². The lowest BCUT2D eigenvalue weighted by atomic mass is 10.1. The molecule has 148 valence electrons. The van der Waals surface area contributed by atoms with E-state index in [0.29, 0.717) is 5.69 Å². The number of nitro benzene ring substituents is 1. The van der Waals surface area contributed by atoms with Gasteiger partial charge in [-0.2, -0.15) is 8.42 Å². The SMILES string of the molecule is Nc1ccc(S(=O)(=O)/N=C2/NC(=O)C(=CC(=O)c3cccc([N+](=O)[O-])c3)N2)cc1. The molecule has 1 amide bonds. The Hall–Kier alpha value is -4.06. The molecule has 0 atom stereocenters. The van der Waals surface area contributed by atoms with E-state index < -0.39 is 26.6 Å². The lowest BCUT2D eigenvalue weighted by Gasteiger charge is -2.01. The van der Waals surface area contributed by atoms with Crippen molar-refractivity contribution in [2.45, 2.75) is 4.90 Å². The van der Waals surface area contributed by atoms with Crippen molar-refractivity contribution < 1.29 is 22.9 Å². The van der Waals surface area contributed by atoms with Crippen LogP contribution in [0.1, 0.15) is 10.4 Å². The molecule has 0 unspecified atom stereocenters. The zero-order valence-corrected chi connectivity index (χ0v) is 15.3. The van der Waals surface area contributed by atoms with Crippen molar-refractivity contribution in [2.24, 2.45) is 4.40 Å². The van der Waals surface area contributed by atoms with Gasteiger partial charge in [-0.25, -0.2) is 0 Å². The number of hydrogen-bond acceptors (Lipinski definition) is 7. The molecule has 0 aliphatic carbocycles. The van der Waals surface area contributed by atoms with E-state index in [9.17, 15) is 28.1 Å². The average Bonchev–Trinajstić information content (AvgIpc) is 3.00. The number of sulfonamides is 1. The number of nitrogens with two attached hydrogens (primary N) is 1. The molecule has 0 saturated carbocycles. The summed E-state index contributed by atoms with van der Waals surface area (Å²) in [5, 5.41) is 15.4. The molecular formula is C17H13N5O6S. The predicted molar refractivity (Wildman–Crippen MR) is 102 cm³/mol. The number of rotatable bonds is 5. The van der Waals surface area contributed by atoms with Crippen molar-refractivity contribution in [3.8, 4) is 0 Å². The van der Waals surface area contributed by atoms with Crippen molar-refractivity contribution in [1.29, 1.82) is 0 Å². The van der Waals surface area contributed by atoms with Crippen molar-refractivity contribution in [2.75, 3.05) is 5.73 Å². The van der Waals surface area contributed by atoms with Crippen molar-refractivity contribution in [3.63, 3.8) is 0 Å². The first-order valence-corrected chi connectivity index (χ1v) is 9.39. The highest BCUT2D eigenvalue weighted by Crippen LogP contribution is 2.16. The number of nitrogen functional groups attached to an aromatic ring is 1. The van der Waals surface area contributed by atoms with Gasteiger partial charge in [0.2, 0.25) is 5.96 Å². The van der Waals surface area contributed by atoms with Gasteiger partial charge in [-0.05, 0) is 24.3 Å². The summed E-state index contributed by atoms with van der Waals surface area (Å²) in [4.78, 5) is 34.3. The molecule has 1 saturated heterocycles. The molecule has 12 heteroatoms. The Balaban J connectivity index is 1.83. The summed E-state index contributed by atoms with van der Waals surface area (Å²) in [7, 11) is -4.14. The normalized spacial score (nSPS) is 16.5. The molecule has 29 heavy (non-hydrogen) atoms. The number of amides is 1. The smallest absolute Gasteiger partial charge is 0.285 e. The third kappa shape index (κ3) is 4.44. The van der Waals surface area contributed by atoms with Gasteiger partial charge >= 0.3 is 0 Å². The van der Waals surface area contributed by atoms with E-state index in [-0.39, 0.29) is 27.8 Å². The Morgan fingerprint density at radius 2 is 1.83 bits per heavy atom. The average molecular weight is 415 g/mol. The molecule has 2 aromatic rings. The molecule has 0 spiro atoms. The summed E-state index contributed by atoms with van der Waals surface area (Å²) in [6.45, 7) is 0. The number of carbonyl (C=O) groups is 2. The van der Waals surface area contributed by atoms with Crippen LogP contribution in [-0.4, -0.2) is 31.0 Å². The number of nitrogens with one attached hydrogen (secondary N) is 2. The lowest BCUT2D eigenvalue weighted by Crippen LogP contribution is -2.26. The predicted octanol–water partition coefficient (Wildman–Crippen LogP) is 0.708. The number of guanidine groups is 1. The van der Waals surface area contributed by atoms with Crippen LogP contribution in [0, 0.1) is 10.1 Å². The second-order valence-corrected chi connectivity index (χ2v) is 7.40. The largest absolute Gasteiger partial charge is 0.399 e. The van der Waals surface area contributed by atoms with E-state index >= 15 is 0 Å². The minimum Gasteiger partial charge on any atom is -0.399 e. The number of nitrogens with zero attached hydrogens (tertiary/aromatic N) is 2. The van der Waals surface area contributed by atoms with Crippen LogP contribution in [0.5, 0.6) is 0 Å². The highest BCUT2D eigenvalue weighted by molar-refractivity contribution is 7.90. The van der Waals surface area contributed by atoms with Crippen LogP contribution in [0.4, 0.5) is 11.4 Å². The summed E-state index contributed by atoms with van der Waals surface area (Å²) in [6.07, 6.45) is 0.896. The van der Waals surface area contributed by atoms with E-state index in [1.165, 1.54) is 42.5 Å².